The van der Waals surface area contributed by atoms with Crippen LogP contribution < -0.4 is 0 Å². The van der Waals surface area contributed by atoms with Crippen LogP contribution in [0.3, 0.4) is 0 Å². The van der Waals surface area contributed by atoms with Crippen LogP contribution in [0.1, 0.15) is 43.8 Å². The summed E-state index contributed by atoms with van der Waals surface area (Å²) in [6, 6.07) is 11.2. The minimum atomic E-state index is 0.271. The molecule has 0 bridgehead atoms. The van der Waals surface area contributed by atoms with Crippen molar-refractivity contribution in [2.24, 2.45) is 0 Å². The minimum Gasteiger partial charge on any atom is -0.0786 e. The molecule has 0 fully saturated rings. The van der Waals surface area contributed by atoms with Crippen molar-refractivity contribution in [3.8, 4) is 0 Å². The monoisotopic (exact) mass is 316 g/mol. The lowest BCUT2D eigenvalue weighted by Gasteiger charge is -2.18. The van der Waals surface area contributed by atoms with E-state index in [0.717, 1.165) is 0 Å². The first kappa shape index (κ1) is 14.3. The number of hydrogen-bond donors (Lipinski definition) is 0. The van der Waals surface area contributed by atoms with Crippen molar-refractivity contribution in [1.29, 1.82) is 0 Å². The van der Waals surface area contributed by atoms with Gasteiger partial charge in [-0.05, 0) is 68.0 Å². The van der Waals surface area contributed by atoms with Crippen LogP contribution in [0.15, 0.2) is 30.3 Å². The van der Waals surface area contributed by atoms with Gasteiger partial charge in [-0.1, -0.05) is 51.8 Å². The highest BCUT2D eigenvalue weighted by Crippen LogP contribution is 2.36. The van der Waals surface area contributed by atoms with E-state index in [1.807, 2.05) is 0 Å². The molecule has 100 valence electrons. The van der Waals surface area contributed by atoms with Gasteiger partial charge < -0.3 is 0 Å². The predicted octanol–water partition coefficient (Wildman–Crippen LogP) is 5.71. The molecule has 0 aromatic heterocycles. The van der Waals surface area contributed by atoms with Gasteiger partial charge in [-0.15, -0.1) is 0 Å². The molecule has 2 rings (SSSR count). The van der Waals surface area contributed by atoms with Crippen LogP contribution in [0, 0.1) is 34.6 Å². The molecule has 0 nitrogen and oxygen atoms in total. The van der Waals surface area contributed by atoms with E-state index >= 15 is 0 Å². The van der Waals surface area contributed by atoms with Crippen LogP contribution in [0.5, 0.6) is 0 Å². The highest BCUT2D eigenvalue weighted by atomic mass is 79.9. The zero-order valence-corrected chi connectivity index (χ0v) is 13.9. The second-order valence-corrected chi connectivity index (χ2v) is 6.43. The molecular weight excluding hydrogens is 296 g/mol. The van der Waals surface area contributed by atoms with Crippen LogP contribution in [-0.4, -0.2) is 0 Å². The SMILES string of the molecule is Cc1cc(C)c(C(Br)c2ccc(C)c(C)c2)c(C)c1. The maximum atomic E-state index is 3.88. The second-order valence-electron chi connectivity index (χ2n) is 5.52. The molecule has 19 heavy (non-hydrogen) atoms. The topological polar surface area (TPSA) is 0 Å². The molecule has 1 unspecified atom stereocenters. The third-order valence-electron chi connectivity index (χ3n) is 3.82. The van der Waals surface area contributed by atoms with Gasteiger partial charge >= 0.3 is 0 Å². The molecule has 0 radical (unpaired) electrons. The molecule has 0 aliphatic carbocycles. The lowest BCUT2D eigenvalue weighted by Crippen LogP contribution is -2.00. The fraction of sp³-hybridized carbons (Fsp3) is 0.333. The van der Waals surface area contributed by atoms with Crippen molar-refractivity contribution in [2.45, 2.75) is 39.4 Å². The van der Waals surface area contributed by atoms with Gasteiger partial charge in [0, 0.05) is 0 Å². The molecule has 0 saturated carbocycles. The van der Waals surface area contributed by atoms with E-state index in [4.69, 9.17) is 0 Å². The molecule has 1 atom stereocenters. The number of halogens is 1. The smallest absolute Gasteiger partial charge is 0.0649 e. The molecule has 0 N–H and O–H groups in total. The molecular formula is C18H21Br. The maximum absolute atomic E-state index is 3.88. The van der Waals surface area contributed by atoms with E-state index in [9.17, 15) is 0 Å². The summed E-state index contributed by atoms with van der Waals surface area (Å²) in [5.41, 5.74) is 9.48. The average Bonchev–Trinajstić information content (AvgIpc) is 2.31. The minimum absolute atomic E-state index is 0.271. The fourth-order valence-electron chi connectivity index (χ4n) is 2.68. The van der Waals surface area contributed by atoms with Crippen LogP contribution in [0.25, 0.3) is 0 Å². The molecule has 0 saturated heterocycles. The molecule has 1 heteroatoms. The van der Waals surface area contributed by atoms with E-state index in [-0.39, 0.29) is 4.83 Å². The second kappa shape index (κ2) is 5.50. The Kier molecular flexibility index (Phi) is 4.15. The Morgan fingerprint density at radius 2 is 1.32 bits per heavy atom. The van der Waals surface area contributed by atoms with Crippen molar-refractivity contribution in [3.63, 3.8) is 0 Å². The highest BCUT2D eigenvalue weighted by Gasteiger charge is 2.16. The first-order valence-electron chi connectivity index (χ1n) is 6.69. The summed E-state index contributed by atoms with van der Waals surface area (Å²) in [4.78, 5) is 0.271. The number of alkyl halides is 1. The quantitative estimate of drug-likeness (QED) is 0.622. The van der Waals surface area contributed by atoms with E-state index in [0.29, 0.717) is 0 Å². The Hall–Kier alpha value is -1.08. The standard InChI is InChI=1S/C18H21Br/c1-11-8-14(4)17(15(5)9-11)18(19)16-7-6-12(2)13(3)10-16/h6-10,18H,1-5H3. The van der Waals surface area contributed by atoms with Gasteiger partial charge in [-0.25, -0.2) is 0 Å². The summed E-state index contributed by atoms with van der Waals surface area (Å²) in [6.45, 7) is 10.9. The summed E-state index contributed by atoms with van der Waals surface area (Å²) < 4.78 is 0. The molecule has 0 spiro atoms. The van der Waals surface area contributed by atoms with Gasteiger partial charge in [0.2, 0.25) is 0 Å². The Morgan fingerprint density at radius 3 is 1.84 bits per heavy atom. The molecule has 0 heterocycles. The largest absolute Gasteiger partial charge is 0.0786 e. The summed E-state index contributed by atoms with van der Waals surface area (Å²) in [7, 11) is 0. The van der Waals surface area contributed by atoms with Crippen LogP contribution in [0.4, 0.5) is 0 Å². The summed E-state index contributed by atoms with van der Waals surface area (Å²) >= 11 is 3.88. The van der Waals surface area contributed by atoms with Crippen molar-refractivity contribution >= 4 is 15.9 Å². The summed E-state index contributed by atoms with van der Waals surface area (Å²) in [6.07, 6.45) is 0. The third-order valence-corrected chi connectivity index (χ3v) is 4.80. The van der Waals surface area contributed by atoms with Crippen molar-refractivity contribution in [2.75, 3.05) is 0 Å². The Labute approximate surface area is 125 Å². The van der Waals surface area contributed by atoms with Crippen LogP contribution in [-0.2, 0) is 0 Å². The Balaban J connectivity index is 2.49. The predicted molar refractivity (Wildman–Crippen MR) is 87.3 cm³/mol. The number of hydrogen-bond acceptors (Lipinski definition) is 0. The molecule has 0 amide bonds. The molecule has 0 aliphatic heterocycles. The summed E-state index contributed by atoms with van der Waals surface area (Å²) in [5.74, 6) is 0. The summed E-state index contributed by atoms with van der Waals surface area (Å²) in [5, 5.41) is 0. The van der Waals surface area contributed by atoms with Gasteiger partial charge in [0.05, 0.1) is 4.83 Å². The van der Waals surface area contributed by atoms with Crippen LogP contribution in [0.2, 0.25) is 0 Å². The normalized spacial score (nSPS) is 12.5. The zero-order valence-electron chi connectivity index (χ0n) is 12.3. The highest BCUT2D eigenvalue weighted by molar-refractivity contribution is 9.09. The number of benzene rings is 2. The Morgan fingerprint density at radius 1 is 0.737 bits per heavy atom. The fourth-order valence-corrected chi connectivity index (χ4v) is 3.69. The first-order valence-corrected chi connectivity index (χ1v) is 7.60. The van der Waals surface area contributed by atoms with Gasteiger partial charge in [0.15, 0.2) is 0 Å². The average molecular weight is 317 g/mol. The maximum Gasteiger partial charge on any atom is 0.0649 e. The van der Waals surface area contributed by atoms with Gasteiger partial charge in [-0.3, -0.25) is 0 Å². The van der Waals surface area contributed by atoms with Crippen molar-refractivity contribution in [3.05, 3.63) is 69.3 Å². The van der Waals surface area contributed by atoms with Crippen molar-refractivity contribution < 1.29 is 0 Å². The molecule has 0 aliphatic rings. The van der Waals surface area contributed by atoms with E-state index in [1.165, 1.54) is 38.9 Å². The first-order chi connectivity index (χ1) is 8.90. The third kappa shape index (κ3) is 2.92. The van der Waals surface area contributed by atoms with Gasteiger partial charge in [-0.2, -0.15) is 0 Å². The zero-order chi connectivity index (χ0) is 14.2. The Bertz CT molecular complexity index is 588. The van der Waals surface area contributed by atoms with E-state index < -0.39 is 0 Å². The van der Waals surface area contributed by atoms with E-state index in [2.05, 4.69) is 80.9 Å². The lowest BCUT2D eigenvalue weighted by atomic mass is 9.93. The van der Waals surface area contributed by atoms with Crippen molar-refractivity contribution in [1.82, 2.24) is 0 Å². The molecule has 2 aromatic rings. The lowest BCUT2D eigenvalue weighted by molar-refractivity contribution is 1.09. The molecule has 2 aromatic carbocycles. The van der Waals surface area contributed by atoms with Gasteiger partial charge in [0.1, 0.15) is 0 Å². The van der Waals surface area contributed by atoms with Gasteiger partial charge in [0.25, 0.3) is 0 Å². The number of rotatable bonds is 2. The van der Waals surface area contributed by atoms with E-state index in [1.54, 1.807) is 0 Å². The number of aryl methyl sites for hydroxylation is 5. The van der Waals surface area contributed by atoms with Crippen LogP contribution >= 0.6 is 15.9 Å².